The van der Waals surface area contributed by atoms with Crippen molar-refractivity contribution in [2.45, 2.75) is 62.7 Å². The monoisotopic (exact) mass is 708 g/mol. The molecule has 52 heavy (non-hydrogen) atoms. The van der Waals surface area contributed by atoms with E-state index < -0.39 is 11.5 Å². The number of benzene rings is 3. The number of nitrogens with one attached hydrogen (secondary N) is 2. The lowest BCUT2D eigenvalue weighted by Crippen LogP contribution is -2.63. The second-order valence-corrected chi connectivity index (χ2v) is 14.8. The van der Waals surface area contributed by atoms with Crippen LogP contribution in [-0.2, 0) is 25.2 Å². The number of fused-ring (bicyclic) bond motifs is 2. The van der Waals surface area contributed by atoms with Gasteiger partial charge in [-0.05, 0) is 104 Å². The highest BCUT2D eigenvalue weighted by molar-refractivity contribution is 6.04. The first-order valence-electron chi connectivity index (χ1n) is 18.0. The molecule has 4 aromatic rings. The van der Waals surface area contributed by atoms with Crippen LogP contribution in [0.2, 0.25) is 0 Å². The number of anilines is 1. The third-order valence-electron chi connectivity index (χ3n) is 11.0. The zero-order valence-electron chi connectivity index (χ0n) is 30.0. The molecule has 2 fully saturated rings. The Morgan fingerprint density at radius 1 is 0.769 bits per heavy atom. The number of aromatic nitrogens is 1. The summed E-state index contributed by atoms with van der Waals surface area (Å²) >= 11 is 0. The van der Waals surface area contributed by atoms with Crippen LogP contribution in [0.25, 0.3) is 0 Å². The van der Waals surface area contributed by atoms with Crippen LogP contribution in [0.5, 0.6) is 0 Å². The average molecular weight is 709 g/mol. The lowest BCUT2D eigenvalue weighted by Gasteiger charge is -2.56. The summed E-state index contributed by atoms with van der Waals surface area (Å²) in [4.78, 5) is 44.6. The molecule has 1 saturated carbocycles. The van der Waals surface area contributed by atoms with E-state index in [0.29, 0.717) is 48.1 Å². The number of halogens is 2. The second kappa shape index (κ2) is 14.3. The van der Waals surface area contributed by atoms with Gasteiger partial charge in [-0.15, -0.1) is 0 Å². The molecule has 3 heterocycles. The minimum atomic E-state index is -2.78. The Bertz CT molecular complexity index is 1920. The van der Waals surface area contributed by atoms with Crippen molar-refractivity contribution in [1.29, 1.82) is 0 Å². The van der Waals surface area contributed by atoms with E-state index in [0.717, 1.165) is 42.8 Å². The van der Waals surface area contributed by atoms with E-state index in [-0.39, 0.29) is 37.1 Å². The van der Waals surface area contributed by atoms with E-state index in [2.05, 4.69) is 39.6 Å². The molecule has 9 nitrogen and oxygen atoms in total. The molecule has 0 radical (unpaired) electrons. The first kappa shape index (κ1) is 35.5. The number of hydrogen-bond donors (Lipinski definition) is 2. The van der Waals surface area contributed by atoms with Gasteiger partial charge in [-0.1, -0.05) is 36.4 Å². The Morgan fingerprint density at radius 3 is 2.04 bits per heavy atom. The smallest absolute Gasteiger partial charge is 0.268 e. The fraction of sp³-hybridized carbons (Fsp3) is 0.390. The van der Waals surface area contributed by atoms with Crippen molar-refractivity contribution < 1.29 is 23.2 Å². The van der Waals surface area contributed by atoms with Crippen LogP contribution >= 0.6 is 0 Å². The van der Waals surface area contributed by atoms with Gasteiger partial charge in [-0.25, -0.2) is 8.78 Å². The predicted octanol–water partition coefficient (Wildman–Crippen LogP) is 6.32. The molecule has 1 spiro atoms. The maximum absolute atomic E-state index is 14.6. The van der Waals surface area contributed by atoms with E-state index in [1.54, 1.807) is 32.3 Å². The van der Waals surface area contributed by atoms with Gasteiger partial charge >= 0.3 is 0 Å². The minimum absolute atomic E-state index is 0.0936. The highest BCUT2D eigenvalue weighted by Crippen LogP contribution is 2.57. The van der Waals surface area contributed by atoms with Crippen molar-refractivity contribution in [3.63, 3.8) is 0 Å². The van der Waals surface area contributed by atoms with E-state index >= 15 is 0 Å². The van der Waals surface area contributed by atoms with Gasteiger partial charge < -0.3 is 25.0 Å². The molecule has 0 bridgehead atoms. The topological polar surface area (TPSA) is 89.9 Å². The molecule has 11 heteroatoms. The summed E-state index contributed by atoms with van der Waals surface area (Å²) in [5.41, 5.74) is 5.20. The molecule has 0 unspecified atom stereocenters. The van der Waals surface area contributed by atoms with Gasteiger partial charge in [0.25, 0.3) is 23.6 Å². The zero-order valence-corrected chi connectivity index (χ0v) is 30.0. The van der Waals surface area contributed by atoms with Crippen molar-refractivity contribution in [3.8, 4) is 0 Å². The Hall–Kier alpha value is -4.87. The Balaban J connectivity index is 0.959. The molecular formula is C41H46F2N6O3. The van der Waals surface area contributed by atoms with Gasteiger partial charge in [0, 0.05) is 75.6 Å². The summed E-state index contributed by atoms with van der Waals surface area (Å²) < 4.78 is 31.0. The third-order valence-corrected chi connectivity index (χ3v) is 11.0. The van der Waals surface area contributed by atoms with Gasteiger partial charge in [-0.2, -0.15) is 0 Å². The quantitative estimate of drug-likeness (QED) is 0.213. The number of rotatable bonds is 9. The first-order chi connectivity index (χ1) is 24.9. The first-order valence-corrected chi connectivity index (χ1v) is 18.0. The summed E-state index contributed by atoms with van der Waals surface area (Å²) in [6.07, 6.45) is 1.64. The highest BCUT2D eigenvalue weighted by atomic mass is 19.3. The number of carbonyl (C=O) groups excluding carboxylic acids is 3. The van der Waals surface area contributed by atoms with Crippen molar-refractivity contribution in [1.82, 2.24) is 24.6 Å². The number of piperidine rings is 1. The second-order valence-electron chi connectivity index (χ2n) is 14.8. The van der Waals surface area contributed by atoms with E-state index in [1.807, 2.05) is 59.2 Å². The Kier molecular flexibility index (Phi) is 9.75. The fourth-order valence-corrected chi connectivity index (χ4v) is 8.01. The number of alkyl halides is 2. The van der Waals surface area contributed by atoms with E-state index in [4.69, 9.17) is 0 Å². The summed E-state index contributed by atoms with van der Waals surface area (Å²) in [7, 11) is 5.55. The molecule has 3 amide bonds. The Morgan fingerprint density at radius 2 is 1.40 bits per heavy atom. The fourth-order valence-electron chi connectivity index (χ4n) is 8.01. The van der Waals surface area contributed by atoms with Crippen LogP contribution in [-0.4, -0.2) is 83.7 Å². The number of carbonyl (C=O) groups is 3. The molecule has 2 N–H and O–H groups in total. The molecule has 7 rings (SSSR count). The van der Waals surface area contributed by atoms with Crippen LogP contribution in [0.1, 0.15) is 85.2 Å². The molecule has 0 atom stereocenters. The minimum Gasteiger partial charge on any atom is -0.347 e. The SMILES string of the molecule is CN1CCC(c2ccc(C(=O)Nc3ccc(CNC(=O)c4ccc5n4CCN(Cc4ccc(C(=O)N(C)C)cc4)C54CC(F)(F)C4)cc3)cc2)CC1. The molecular weight excluding hydrogens is 662 g/mol. The maximum atomic E-state index is 14.6. The summed E-state index contributed by atoms with van der Waals surface area (Å²) in [5, 5.41) is 5.94. The van der Waals surface area contributed by atoms with Crippen LogP contribution in [0.4, 0.5) is 14.5 Å². The molecule has 3 aliphatic rings. The molecule has 1 saturated heterocycles. The standard InChI is InChI=1S/C41H46F2N6O3/c1-46(2)39(52)33-8-4-29(5-9-33)25-48-22-23-49-35(16-17-36(49)40(48)26-41(42,43)27-40)38(51)44-24-28-6-14-34(15-7-28)45-37(50)32-12-10-30(11-13-32)31-18-20-47(3)21-19-31/h4-17,31H,18-27H2,1-3H3,(H,44,51)(H,45,50). The zero-order chi connectivity index (χ0) is 36.6. The van der Waals surface area contributed by atoms with Gasteiger partial charge in [0.05, 0.1) is 5.54 Å². The molecule has 3 aromatic carbocycles. The van der Waals surface area contributed by atoms with E-state index in [1.165, 1.54) is 10.5 Å². The summed E-state index contributed by atoms with van der Waals surface area (Å²) in [6.45, 7) is 3.90. The number of nitrogens with zero attached hydrogens (tertiary/aromatic N) is 4. The molecule has 272 valence electrons. The predicted molar refractivity (Wildman–Crippen MR) is 197 cm³/mol. The van der Waals surface area contributed by atoms with Gasteiger partial charge in [0.2, 0.25) is 0 Å². The van der Waals surface area contributed by atoms with Crippen molar-refractivity contribution >= 4 is 23.4 Å². The number of likely N-dealkylation sites (tertiary alicyclic amines) is 1. The summed E-state index contributed by atoms with van der Waals surface area (Å²) in [6, 6.07) is 26.1. The lowest BCUT2D eigenvalue weighted by atomic mass is 9.68. The van der Waals surface area contributed by atoms with Gasteiger partial charge in [0.15, 0.2) is 0 Å². The van der Waals surface area contributed by atoms with Gasteiger partial charge in [-0.3, -0.25) is 19.3 Å². The average Bonchev–Trinajstić information content (AvgIpc) is 3.57. The summed E-state index contributed by atoms with van der Waals surface area (Å²) in [5.74, 6) is -2.79. The molecule has 1 aliphatic carbocycles. The normalized spacial score (nSPS) is 18.3. The highest BCUT2D eigenvalue weighted by Gasteiger charge is 2.62. The van der Waals surface area contributed by atoms with Gasteiger partial charge in [0.1, 0.15) is 5.69 Å². The van der Waals surface area contributed by atoms with Crippen molar-refractivity contribution in [2.75, 3.05) is 46.1 Å². The molecule has 1 aromatic heterocycles. The largest absolute Gasteiger partial charge is 0.347 e. The van der Waals surface area contributed by atoms with Crippen LogP contribution in [0.3, 0.4) is 0 Å². The van der Waals surface area contributed by atoms with Crippen molar-refractivity contribution in [3.05, 3.63) is 124 Å². The Labute approximate surface area is 303 Å². The molecule has 2 aliphatic heterocycles. The van der Waals surface area contributed by atoms with E-state index in [9.17, 15) is 23.2 Å². The van der Waals surface area contributed by atoms with Crippen LogP contribution in [0, 0.1) is 0 Å². The third kappa shape index (κ3) is 7.25. The van der Waals surface area contributed by atoms with Crippen LogP contribution in [0.15, 0.2) is 84.9 Å². The van der Waals surface area contributed by atoms with Crippen molar-refractivity contribution in [2.24, 2.45) is 0 Å². The number of amides is 3. The lowest BCUT2D eigenvalue weighted by molar-refractivity contribution is -0.192. The number of hydrogen-bond acceptors (Lipinski definition) is 5. The van der Waals surface area contributed by atoms with Crippen LogP contribution < -0.4 is 10.6 Å². The maximum Gasteiger partial charge on any atom is 0.268 e.